The Kier molecular flexibility index (Phi) is 7.81. The normalized spacial score (nSPS) is 18.8. The highest BCUT2D eigenvalue weighted by Crippen LogP contribution is 2.47. The maximum Gasteiger partial charge on any atom is 0.309 e. The number of esters is 1. The molecule has 1 aliphatic heterocycles. The minimum absolute atomic E-state index is 0.0757. The van der Waals surface area contributed by atoms with Gasteiger partial charge < -0.3 is 23.9 Å². The first-order valence-corrected chi connectivity index (χ1v) is 11.5. The van der Waals surface area contributed by atoms with E-state index in [1.807, 2.05) is 19.9 Å². The summed E-state index contributed by atoms with van der Waals surface area (Å²) >= 11 is 0. The first-order valence-electron chi connectivity index (χ1n) is 11.5. The van der Waals surface area contributed by atoms with E-state index in [0.29, 0.717) is 50.8 Å². The van der Waals surface area contributed by atoms with Crippen LogP contribution in [0.2, 0.25) is 0 Å². The summed E-state index contributed by atoms with van der Waals surface area (Å²) in [5.74, 6) is 0.455. The van der Waals surface area contributed by atoms with Crippen molar-refractivity contribution in [3.63, 3.8) is 0 Å². The fraction of sp³-hybridized carbons (Fsp3) is 0.600. The number of aromatic nitrogens is 1. The Bertz CT molecular complexity index is 1010. The number of rotatable bonds is 10. The summed E-state index contributed by atoms with van der Waals surface area (Å²) in [7, 11) is 0. The molecule has 0 fully saturated rings. The third-order valence-corrected chi connectivity index (χ3v) is 6.46. The molecule has 1 aliphatic rings. The van der Waals surface area contributed by atoms with Gasteiger partial charge in [0.05, 0.1) is 49.1 Å². The van der Waals surface area contributed by atoms with E-state index in [4.69, 9.17) is 18.9 Å². The van der Waals surface area contributed by atoms with E-state index in [-0.39, 0.29) is 18.3 Å². The number of nitrogens with zero attached hydrogens (tertiary/aromatic N) is 1. The number of carbonyl (C=O) groups excluding carboxylic acids is 1. The fourth-order valence-corrected chi connectivity index (χ4v) is 4.62. The predicted molar refractivity (Wildman–Crippen MR) is 122 cm³/mol. The van der Waals surface area contributed by atoms with Gasteiger partial charge in [0.1, 0.15) is 18.0 Å². The maximum absolute atomic E-state index is 12.6. The molecule has 2 heterocycles. The highest BCUT2D eigenvalue weighted by atomic mass is 16.5. The van der Waals surface area contributed by atoms with Gasteiger partial charge in [-0.3, -0.25) is 4.79 Å². The van der Waals surface area contributed by atoms with E-state index in [9.17, 15) is 10.1 Å². The smallest absolute Gasteiger partial charge is 0.309 e. The summed E-state index contributed by atoms with van der Waals surface area (Å²) in [5.41, 5.74) is 3.47. The monoisotopic (exact) mass is 442 g/mol. The van der Waals surface area contributed by atoms with Gasteiger partial charge in [0.15, 0.2) is 0 Å². The van der Waals surface area contributed by atoms with Crippen LogP contribution in [0.5, 0.6) is 5.75 Å². The summed E-state index contributed by atoms with van der Waals surface area (Å²) < 4.78 is 23.0. The summed E-state index contributed by atoms with van der Waals surface area (Å²) in [5, 5.41) is 10.8. The average Bonchev–Trinajstić information content (AvgIpc) is 3.19. The van der Waals surface area contributed by atoms with Gasteiger partial charge in [-0.25, -0.2) is 0 Å². The zero-order chi connectivity index (χ0) is 23.3. The van der Waals surface area contributed by atoms with Gasteiger partial charge >= 0.3 is 5.97 Å². The lowest BCUT2D eigenvalue weighted by molar-refractivity contribution is -0.160. The van der Waals surface area contributed by atoms with Gasteiger partial charge in [0.2, 0.25) is 0 Å². The molecule has 0 bridgehead atoms. The summed E-state index contributed by atoms with van der Waals surface area (Å²) in [6.45, 7) is 12.3. The van der Waals surface area contributed by atoms with Crippen LogP contribution in [0.1, 0.15) is 62.9 Å². The molecular formula is C25H34N2O5. The molecule has 0 aliphatic carbocycles. The molecule has 7 nitrogen and oxygen atoms in total. The average molecular weight is 443 g/mol. The topological polar surface area (TPSA) is 93.6 Å². The Labute approximate surface area is 190 Å². The van der Waals surface area contributed by atoms with Crippen LogP contribution in [0.4, 0.5) is 0 Å². The second-order valence-corrected chi connectivity index (χ2v) is 8.21. The molecule has 0 spiro atoms. The molecule has 0 radical (unpaired) electrons. The molecule has 2 aromatic rings. The van der Waals surface area contributed by atoms with Crippen LogP contribution in [0.15, 0.2) is 6.07 Å². The van der Waals surface area contributed by atoms with Crippen molar-refractivity contribution in [2.24, 2.45) is 5.92 Å². The Balaban J connectivity index is 2.15. The van der Waals surface area contributed by atoms with Crippen molar-refractivity contribution in [1.29, 1.82) is 5.26 Å². The summed E-state index contributed by atoms with van der Waals surface area (Å²) in [4.78, 5) is 16.1. The maximum atomic E-state index is 12.6. The Morgan fingerprint density at radius 2 is 2.09 bits per heavy atom. The highest BCUT2D eigenvalue weighted by Gasteiger charge is 2.46. The Morgan fingerprint density at radius 3 is 2.75 bits per heavy atom. The number of carbonyl (C=O) groups is 1. The lowest BCUT2D eigenvalue weighted by Gasteiger charge is -2.41. The second-order valence-electron chi connectivity index (χ2n) is 8.21. The molecular weight excluding hydrogens is 408 g/mol. The van der Waals surface area contributed by atoms with E-state index >= 15 is 0 Å². The minimum atomic E-state index is -0.817. The van der Waals surface area contributed by atoms with Crippen molar-refractivity contribution in [2.75, 3.05) is 33.0 Å². The van der Waals surface area contributed by atoms with Crippen LogP contribution >= 0.6 is 0 Å². The molecule has 3 rings (SSSR count). The van der Waals surface area contributed by atoms with Crippen molar-refractivity contribution in [3.05, 3.63) is 28.5 Å². The second kappa shape index (κ2) is 10.4. The van der Waals surface area contributed by atoms with Gasteiger partial charge in [-0.05, 0) is 44.7 Å². The lowest BCUT2D eigenvalue weighted by Crippen LogP contribution is -2.43. The molecule has 0 saturated heterocycles. The number of aryl methyl sites for hydroxylation is 1. The number of H-pyrrole nitrogens is 1. The summed E-state index contributed by atoms with van der Waals surface area (Å²) in [6, 6.07) is 4.15. The molecule has 7 heteroatoms. The number of aromatic amines is 1. The van der Waals surface area contributed by atoms with Crippen LogP contribution in [0.3, 0.4) is 0 Å². The third-order valence-electron chi connectivity index (χ3n) is 6.46. The molecule has 1 aromatic carbocycles. The molecule has 2 atom stereocenters. The van der Waals surface area contributed by atoms with E-state index in [1.54, 1.807) is 6.92 Å². The molecule has 32 heavy (non-hydrogen) atoms. The third kappa shape index (κ3) is 4.35. The Morgan fingerprint density at radius 1 is 1.31 bits per heavy atom. The van der Waals surface area contributed by atoms with Crippen molar-refractivity contribution in [1.82, 2.24) is 4.98 Å². The van der Waals surface area contributed by atoms with Gasteiger partial charge in [-0.15, -0.1) is 0 Å². The zero-order valence-corrected chi connectivity index (χ0v) is 19.8. The molecule has 1 N–H and O–H groups in total. The van der Waals surface area contributed by atoms with Crippen LogP contribution in [-0.4, -0.2) is 44.0 Å². The number of fused-ring (bicyclic) bond motifs is 3. The van der Waals surface area contributed by atoms with Crippen molar-refractivity contribution in [2.45, 2.75) is 59.5 Å². The number of hydrogen-bond acceptors (Lipinski definition) is 6. The van der Waals surface area contributed by atoms with Crippen molar-refractivity contribution in [3.8, 4) is 11.8 Å². The standard InChI is InChI=1S/C25H34N2O5/c1-6-16(4)25(14-21(28)30-8-3)24-19(9-10-32-25)22-18(15-26)13-20(17(5)23(22)27-24)31-12-11-29-7-2/h13,16,27H,6-12,14H2,1-5H3/t16?,25-/m1/s1. The number of benzene rings is 1. The SMILES string of the molecule is CCOCCOc1cc(C#N)c2c3c([nH]c2c1C)[C@@](CC(=O)OCC)(C(C)CC)OCC3. The van der Waals surface area contributed by atoms with Gasteiger partial charge in [-0.1, -0.05) is 20.3 Å². The molecule has 1 aromatic heterocycles. The molecule has 0 saturated carbocycles. The zero-order valence-electron chi connectivity index (χ0n) is 19.8. The minimum Gasteiger partial charge on any atom is -0.491 e. The number of hydrogen-bond donors (Lipinski definition) is 1. The molecule has 174 valence electrons. The van der Waals surface area contributed by atoms with E-state index < -0.39 is 5.60 Å². The molecule has 0 amide bonds. The summed E-state index contributed by atoms with van der Waals surface area (Å²) in [6.07, 6.45) is 1.65. The van der Waals surface area contributed by atoms with Crippen LogP contribution in [0.25, 0.3) is 10.9 Å². The van der Waals surface area contributed by atoms with Crippen LogP contribution in [0, 0.1) is 24.2 Å². The van der Waals surface area contributed by atoms with Crippen LogP contribution < -0.4 is 4.74 Å². The molecule has 1 unspecified atom stereocenters. The highest BCUT2D eigenvalue weighted by molar-refractivity contribution is 5.94. The van der Waals surface area contributed by atoms with Crippen molar-refractivity contribution < 1.29 is 23.7 Å². The van der Waals surface area contributed by atoms with Crippen molar-refractivity contribution >= 4 is 16.9 Å². The van der Waals surface area contributed by atoms with Crippen LogP contribution in [-0.2, 0) is 31.0 Å². The number of ether oxygens (including phenoxy) is 4. The van der Waals surface area contributed by atoms with E-state index in [2.05, 4.69) is 24.9 Å². The first-order chi connectivity index (χ1) is 15.4. The van der Waals surface area contributed by atoms with Gasteiger partial charge in [0, 0.05) is 17.6 Å². The van der Waals surface area contributed by atoms with Gasteiger partial charge in [0.25, 0.3) is 0 Å². The Hall–Kier alpha value is -2.56. The quantitative estimate of drug-likeness (QED) is 0.429. The van der Waals surface area contributed by atoms with E-state index in [1.165, 1.54) is 0 Å². The number of nitrogens with one attached hydrogen (secondary N) is 1. The first kappa shape index (κ1) is 24.1. The fourth-order valence-electron chi connectivity index (χ4n) is 4.62. The predicted octanol–water partition coefficient (Wildman–Crippen LogP) is 4.53. The lowest BCUT2D eigenvalue weighted by atomic mass is 9.77. The van der Waals surface area contributed by atoms with E-state index in [0.717, 1.165) is 34.1 Å². The largest absolute Gasteiger partial charge is 0.491 e. The van der Waals surface area contributed by atoms with Gasteiger partial charge in [-0.2, -0.15) is 5.26 Å². The number of nitriles is 1.